The summed E-state index contributed by atoms with van der Waals surface area (Å²) in [5.74, 6) is -1.41. The van der Waals surface area contributed by atoms with Crippen molar-refractivity contribution in [3.63, 3.8) is 0 Å². The van der Waals surface area contributed by atoms with Crippen LogP contribution in [0.3, 0.4) is 0 Å². The minimum Gasteiger partial charge on any atom is -0.481 e. The van der Waals surface area contributed by atoms with Crippen LogP contribution in [0.15, 0.2) is 24.3 Å². The SMILES string of the molecule is CCCC(CNC(=O)Nc1ccc(I)cc1)C(=O)O. The fourth-order valence-corrected chi connectivity index (χ4v) is 1.95. The highest BCUT2D eigenvalue weighted by atomic mass is 127. The molecule has 6 heteroatoms. The van der Waals surface area contributed by atoms with Crippen LogP contribution in [-0.2, 0) is 4.79 Å². The molecule has 3 N–H and O–H groups in total. The maximum absolute atomic E-state index is 11.6. The summed E-state index contributed by atoms with van der Waals surface area (Å²) >= 11 is 2.18. The lowest BCUT2D eigenvalue weighted by atomic mass is 10.0. The summed E-state index contributed by atoms with van der Waals surface area (Å²) in [5.41, 5.74) is 0.681. The van der Waals surface area contributed by atoms with Gasteiger partial charge in [0, 0.05) is 15.8 Å². The van der Waals surface area contributed by atoms with Crippen molar-refractivity contribution in [1.29, 1.82) is 0 Å². The number of aliphatic carboxylic acids is 1. The number of hydrogen-bond donors (Lipinski definition) is 3. The van der Waals surface area contributed by atoms with E-state index < -0.39 is 11.9 Å². The zero-order valence-electron chi connectivity index (χ0n) is 10.6. The van der Waals surface area contributed by atoms with Gasteiger partial charge >= 0.3 is 12.0 Å². The van der Waals surface area contributed by atoms with Crippen LogP contribution in [0.2, 0.25) is 0 Å². The second-order valence-corrected chi connectivity index (χ2v) is 5.41. The van der Waals surface area contributed by atoms with Crippen molar-refractivity contribution in [1.82, 2.24) is 5.32 Å². The Balaban J connectivity index is 2.42. The van der Waals surface area contributed by atoms with Crippen molar-refractivity contribution in [2.75, 3.05) is 11.9 Å². The third kappa shape index (κ3) is 5.91. The van der Waals surface area contributed by atoms with E-state index in [0.717, 1.165) is 9.99 Å². The Bertz CT molecular complexity index is 434. The number of rotatable bonds is 6. The molecule has 0 saturated heterocycles. The summed E-state index contributed by atoms with van der Waals surface area (Å²) in [4.78, 5) is 22.5. The van der Waals surface area contributed by atoms with Crippen LogP contribution in [0, 0.1) is 9.49 Å². The van der Waals surface area contributed by atoms with Gasteiger partial charge in [0.2, 0.25) is 0 Å². The number of halogens is 1. The molecule has 0 aromatic heterocycles. The van der Waals surface area contributed by atoms with Crippen LogP contribution in [0.5, 0.6) is 0 Å². The maximum atomic E-state index is 11.6. The van der Waals surface area contributed by atoms with Gasteiger partial charge in [-0.15, -0.1) is 0 Å². The van der Waals surface area contributed by atoms with Gasteiger partial charge in [-0.1, -0.05) is 13.3 Å². The molecule has 2 amide bonds. The van der Waals surface area contributed by atoms with Crippen molar-refractivity contribution in [2.45, 2.75) is 19.8 Å². The normalized spacial score (nSPS) is 11.7. The largest absolute Gasteiger partial charge is 0.481 e. The number of anilines is 1. The Morgan fingerprint density at radius 2 is 1.95 bits per heavy atom. The standard InChI is InChI=1S/C13H17IN2O3/c1-2-3-9(12(17)18)8-15-13(19)16-11-6-4-10(14)5-7-11/h4-7,9H,2-3,8H2,1H3,(H,17,18)(H2,15,16,19). The molecule has 19 heavy (non-hydrogen) atoms. The molecule has 1 atom stereocenters. The summed E-state index contributed by atoms with van der Waals surface area (Å²) in [5, 5.41) is 14.2. The molecule has 1 rings (SSSR count). The van der Waals surface area contributed by atoms with E-state index >= 15 is 0 Å². The first kappa shape index (κ1) is 15.7. The smallest absolute Gasteiger partial charge is 0.319 e. The predicted molar refractivity (Wildman–Crippen MR) is 82.2 cm³/mol. The fourth-order valence-electron chi connectivity index (χ4n) is 1.59. The van der Waals surface area contributed by atoms with E-state index in [1.54, 1.807) is 12.1 Å². The van der Waals surface area contributed by atoms with Crippen molar-refractivity contribution in [2.24, 2.45) is 5.92 Å². The van der Waals surface area contributed by atoms with Gasteiger partial charge in [-0.2, -0.15) is 0 Å². The van der Waals surface area contributed by atoms with Crippen LogP contribution in [-0.4, -0.2) is 23.7 Å². The number of hydrogen-bond acceptors (Lipinski definition) is 2. The molecule has 0 aliphatic rings. The summed E-state index contributed by atoms with van der Waals surface area (Å²) in [6.07, 6.45) is 1.33. The lowest BCUT2D eigenvalue weighted by molar-refractivity contribution is -0.141. The average Bonchev–Trinajstić information content (AvgIpc) is 2.37. The minimum absolute atomic E-state index is 0.138. The molecule has 0 aliphatic heterocycles. The first-order valence-electron chi connectivity index (χ1n) is 6.06. The lowest BCUT2D eigenvalue weighted by Gasteiger charge is -2.13. The molecule has 1 aromatic carbocycles. The predicted octanol–water partition coefficient (Wildman–Crippen LogP) is 2.91. The Labute approximate surface area is 125 Å². The van der Waals surface area contributed by atoms with Gasteiger partial charge in [0.05, 0.1) is 5.92 Å². The van der Waals surface area contributed by atoms with Gasteiger partial charge < -0.3 is 15.7 Å². The zero-order valence-corrected chi connectivity index (χ0v) is 12.8. The molecule has 0 bridgehead atoms. The van der Waals surface area contributed by atoms with Crippen LogP contribution >= 0.6 is 22.6 Å². The molecule has 0 radical (unpaired) electrons. The number of carboxylic acids is 1. The van der Waals surface area contributed by atoms with E-state index in [2.05, 4.69) is 33.2 Å². The van der Waals surface area contributed by atoms with Crippen molar-refractivity contribution in [3.05, 3.63) is 27.8 Å². The topological polar surface area (TPSA) is 78.4 Å². The number of carbonyl (C=O) groups excluding carboxylic acids is 1. The second-order valence-electron chi connectivity index (χ2n) is 4.17. The van der Waals surface area contributed by atoms with E-state index in [-0.39, 0.29) is 12.6 Å². The number of benzene rings is 1. The number of urea groups is 1. The monoisotopic (exact) mass is 376 g/mol. The number of amides is 2. The number of carboxylic acid groups (broad SMARTS) is 1. The van der Waals surface area contributed by atoms with Crippen LogP contribution in [0.25, 0.3) is 0 Å². The van der Waals surface area contributed by atoms with Crippen molar-refractivity contribution >= 4 is 40.3 Å². The third-order valence-corrected chi connectivity index (χ3v) is 3.32. The molecule has 1 aromatic rings. The van der Waals surface area contributed by atoms with Crippen LogP contribution < -0.4 is 10.6 Å². The number of nitrogens with one attached hydrogen (secondary N) is 2. The first-order valence-corrected chi connectivity index (χ1v) is 7.14. The van der Waals surface area contributed by atoms with E-state index in [1.165, 1.54) is 0 Å². The van der Waals surface area contributed by atoms with E-state index in [4.69, 9.17) is 5.11 Å². The van der Waals surface area contributed by atoms with Gasteiger partial charge in [0.15, 0.2) is 0 Å². The molecule has 0 spiro atoms. The van der Waals surface area contributed by atoms with E-state index in [0.29, 0.717) is 12.1 Å². The highest BCUT2D eigenvalue weighted by Crippen LogP contribution is 2.11. The van der Waals surface area contributed by atoms with Crippen molar-refractivity contribution in [3.8, 4) is 0 Å². The van der Waals surface area contributed by atoms with Gasteiger partial charge in [-0.3, -0.25) is 4.79 Å². The molecular formula is C13H17IN2O3. The van der Waals surface area contributed by atoms with Crippen molar-refractivity contribution < 1.29 is 14.7 Å². The Hall–Kier alpha value is -1.31. The molecule has 104 valence electrons. The number of carbonyl (C=O) groups is 2. The van der Waals surface area contributed by atoms with Gasteiger partial charge in [-0.25, -0.2) is 4.79 Å². The molecule has 0 saturated carbocycles. The summed E-state index contributed by atoms with van der Waals surface area (Å²) in [6.45, 7) is 2.06. The van der Waals surface area contributed by atoms with Gasteiger partial charge in [0.25, 0.3) is 0 Å². The Morgan fingerprint density at radius 3 is 2.47 bits per heavy atom. The minimum atomic E-state index is -0.878. The maximum Gasteiger partial charge on any atom is 0.319 e. The van der Waals surface area contributed by atoms with E-state index in [1.807, 2.05) is 19.1 Å². The molecule has 0 fully saturated rings. The quantitative estimate of drug-likeness (QED) is 0.668. The first-order chi connectivity index (χ1) is 9.02. The average molecular weight is 376 g/mol. The van der Waals surface area contributed by atoms with Gasteiger partial charge in [0.1, 0.15) is 0 Å². The van der Waals surface area contributed by atoms with E-state index in [9.17, 15) is 9.59 Å². The summed E-state index contributed by atoms with van der Waals surface area (Å²) < 4.78 is 1.08. The van der Waals surface area contributed by atoms with Gasteiger partial charge in [-0.05, 0) is 53.3 Å². The summed E-state index contributed by atoms with van der Waals surface area (Å²) in [6, 6.07) is 6.97. The fraction of sp³-hybridized carbons (Fsp3) is 0.385. The van der Waals surface area contributed by atoms with Crippen LogP contribution in [0.4, 0.5) is 10.5 Å². The summed E-state index contributed by atoms with van der Waals surface area (Å²) in [7, 11) is 0. The molecule has 0 heterocycles. The Morgan fingerprint density at radius 1 is 1.32 bits per heavy atom. The molecule has 1 unspecified atom stereocenters. The molecule has 5 nitrogen and oxygen atoms in total. The Kier molecular flexibility index (Phi) is 6.61. The zero-order chi connectivity index (χ0) is 14.3. The third-order valence-electron chi connectivity index (χ3n) is 2.60. The highest BCUT2D eigenvalue weighted by molar-refractivity contribution is 14.1. The van der Waals surface area contributed by atoms with Crippen LogP contribution in [0.1, 0.15) is 19.8 Å². The lowest BCUT2D eigenvalue weighted by Crippen LogP contribution is -2.35. The second kappa shape index (κ2) is 7.98. The molecular weight excluding hydrogens is 359 g/mol. The highest BCUT2D eigenvalue weighted by Gasteiger charge is 2.17. The molecule has 0 aliphatic carbocycles.